The lowest BCUT2D eigenvalue weighted by atomic mass is 9.90. The molecule has 0 spiro atoms. The molecule has 1 aliphatic rings. The zero-order valence-electron chi connectivity index (χ0n) is 9.90. The van der Waals surface area contributed by atoms with Gasteiger partial charge in [-0.25, -0.2) is 0 Å². The minimum Gasteiger partial charge on any atom is -0.496 e. The molecule has 0 heterocycles. The number of ether oxygens (including phenoxy) is 1. The number of carbonyl (C=O) groups is 1. The SMILES string of the molecule is COc1ccccc1CC1CCC(=O)C1C. The number of rotatable bonds is 3. The van der Waals surface area contributed by atoms with Gasteiger partial charge in [-0.1, -0.05) is 25.1 Å². The van der Waals surface area contributed by atoms with Gasteiger partial charge in [0.05, 0.1) is 7.11 Å². The molecule has 86 valence electrons. The Morgan fingerprint density at radius 3 is 2.75 bits per heavy atom. The molecule has 2 heteroatoms. The summed E-state index contributed by atoms with van der Waals surface area (Å²) in [4.78, 5) is 11.5. The Kier molecular flexibility index (Phi) is 3.28. The van der Waals surface area contributed by atoms with Crippen molar-refractivity contribution in [3.05, 3.63) is 29.8 Å². The maximum Gasteiger partial charge on any atom is 0.135 e. The molecule has 1 aromatic rings. The smallest absolute Gasteiger partial charge is 0.135 e. The summed E-state index contributed by atoms with van der Waals surface area (Å²) in [7, 11) is 1.70. The highest BCUT2D eigenvalue weighted by atomic mass is 16.5. The van der Waals surface area contributed by atoms with Gasteiger partial charge in [-0.15, -0.1) is 0 Å². The van der Waals surface area contributed by atoms with E-state index in [9.17, 15) is 4.79 Å². The van der Waals surface area contributed by atoms with Crippen LogP contribution in [-0.4, -0.2) is 12.9 Å². The molecule has 0 bridgehead atoms. The van der Waals surface area contributed by atoms with Crippen molar-refractivity contribution >= 4 is 5.78 Å². The normalized spacial score (nSPS) is 24.8. The molecule has 0 amide bonds. The molecule has 1 saturated carbocycles. The molecule has 2 atom stereocenters. The van der Waals surface area contributed by atoms with E-state index in [-0.39, 0.29) is 5.92 Å². The molecule has 16 heavy (non-hydrogen) atoms. The Morgan fingerprint density at radius 2 is 2.12 bits per heavy atom. The third-order valence-electron chi connectivity index (χ3n) is 3.65. The van der Waals surface area contributed by atoms with E-state index >= 15 is 0 Å². The second-order valence-electron chi connectivity index (χ2n) is 4.57. The van der Waals surface area contributed by atoms with Crippen molar-refractivity contribution in [2.75, 3.05) is 7.11 Å². The summed E-state index contributed by atoms with van der Waals surface area (Å²) in [5, 5.41) is 0. The molecule has 2 unspecified atom stereocenters. The molecule has 0 aromatic heterocycles. The molecule has 2 rings (SSSR count). The van der Waals surface area contributed by atoms with Crippen molar-refractivity contribution < 1.29 is 9.53 Å². The molecule has 1 aromatic carbocycles. The van der Waals surface area contributed by atoms with Crippen LogP contribution in [-0.2, 0) is 11.2 Å². The van der Waals surface area contributed by atoms with E-state index in [4.69, 9.17) is 4.74 Å². The summed E-state index contributed by atoms with van der Waals surface area (Å²) in [5.41, 5.74) is 1.22. The van der Waals surface area contributed by atoms with Crippen molar-refractivity contribution in [3.63, 3.8) is 0 Å². The summed E-state index contributed by atoms with van der Waals surface area (Å²) < 4.78 is 5.33. The average Bonchev–Trinajstić information content (AvgIpc) is 2.62. The number of benzene rings is 1. The van der Waals surface area contributed by atoms with Crippen LogP contribution in [0.3, 0.4) is 0 Å². The summed E-state index contributed by atoms with van der Waals surface area (Å²) in [6.45, 7) is 2.05. The lowest BCUT2D eigenvalue weighted by Crippen LogP contribution is -2.13. The largest absolute Gasteiger partial charge is 0.496 e. The van der Waals surface area contributed by atoms with E-state index < -0.39 is 0 Å². The molecule has 0 N–H and O–H groups in total. The number of Topliss-reactive ketones (excluding diaryl/α,β-unsaturated/α-hetero) is 1. The highest BCUT2D eigenvalue weighted by Crippen LogP contribution is 2.33. The third kappa shape index (κ3) is 2.11. The Labute approximate surface area is 96.6 Å². The highest BCUT2D eigenvalue weighted by Gasteiger charge is 2.31. The Hall–Kier alpha value is -1.31. The van der Waals surface area contributed by atoms with E-state index in [2.05, 4.69) is 13.0 Å². The number of hydrogen-bond donors (Lipinski definition) is 0. The maximum atomic E-state index is 11.5. The molecule has 0 aliphatic heterocycles. The first-order chi connectivity index (χ1) is 7.72. The van der Waals surface area contributed by atoms with Gasteiger partial charge in [-0.3, -0.25) is 4.79 Å². The fraction of sp³-hybridized carbons (Fsp3) is 0.500. The quantitative estimate of drug-likeness (QED) is 0.779. The second-order valence-corrected chi connectivity index (χ2v) is 4.57. The first kappa shape index (κ1) is 11.2. The van der Waals surface area contributed by atoms with Crippen LogP contribution in [0.4, 0.5) is 0 Å². The summed E-state index contributed by atoms with van der Waals surface area (Å²) >= 11 is 0. The molecule has 1 fully saturated rings. The molecular weight excluding hydrogens is 200 g/mol. The fourth-order valence-corrected chi connectivity index (χ4v) is 2.50. The van der Waals surface area contributed by atoms with Gasteiger partial charge in [0, 0.05) is 12.3 Å². The molecule has 0 radical (unpaired) electrons. The molecular formula is C14H18O2. The van der Waals surface area contributed by atoms with Crippen LogP contribution in [0.1, 0.15) is 25.3 Å². The van der Waals surface area contributed by atoms with Gasteiger partial charge in [0.1, 0.15) is 11.5 Å². The Morgan fingerprint density at radius 1 is 1.38 bits per heavy atom. The maximum absolute atomic E-state index is 11.5. The van der Waals surface area contributed by atoms with E-state index in [1.165, 1.54) is 5.56 Å². The summed E-state index contributed by atoms with van der Waals surface area (Å²) in [5.74, 6) is 2.06. The van der Waals surface area contributed by atoms with Crippen LogP contribution in [0.15, 0.2) is 24.3 Å². The lowest BCUT2D eigenvalue weighted by molar-refractivity contribution is -0.120. The van der Waals surface area contributed by atoms with E-state index in [1.54, 1.807) is 7.11 Å². The van der Waals surface area contributed by atoms with Crippen LogP contribution < -0.4 is 4.74 Å². The van der Waals surface area contributed by atoms with Crippen molar-refractivity contribution in [2.24, 2.45) is 11.8 Å². The summed E-state index contributed by atoms with van der Waals surface area (Å²) in [6, 6.07) is 8.08. The number of methoxy groups -OCH3 is 1. The number of carbonyl (C=O) groups excluding carboxylic acids is 1. The van der Waals surface area contributed by atoms with Gasteiger partial charge < -0.3 is 4.74 Å². The van der Waals surface area contributed by atoms with Crippen molar-refractivity contribution in [1.82, 2.24) is 0 Å². The molecule has 1 aliphatic carbocycles. The van der Waals surface area contributed by atoms with Gasteiger partial charge in [-0.2, -0.15) is 0 Å². The van der Waals surface area contributed by atoms with E-state index in [0.29, 0.717) is 11.7 Å². The van der Waals surface area contributed by atoms with E-state index in [1.807, 2.05) is 18.2 Å². The molecule has 2 nitrogen and oxygen atoms in total. The van der Waals surface area contributed by atoms with Crippen LogP contribution >= 0.6 is 0 Å². The van der Waals surface area contributed by atoms with Crippen molar-refractivity contribution in [2.45, 2.75) is 26.2 Å². The van der Waals surface area contributed by atoms with Gasteiger partial charge in [0.15, 0.2) is 0 Å². The van der Waals surface area contributed by atoms with Crippen LogP contribution in [0, 0.1) is 11.8 Å². The third-order valence-corrected chi connectivity index (χ3v) is 3.65. The van der Waals surface area contributed by atoms with Gasteiger partial charge in [-0.05, 0) is 30.4 Å². The predicted octanol–water partition coefficient (Wildman–Crippen LogP) is 2.85. The van der Waals surface area contributed by atoms with Crippen molar-refractivity contribution in [1.29, 1.82) is 0 Å². The Bertz CT molecular complexity index is 384. The lowest BCUT2D eigenvalue weighted by Gasteiger charge is -2.16. The topological polar surface area (TPSA) is 26.3 Å². The van der Waals surface area contributed by atoms with Crippen LogP contribution in [0.5, 0.6) is 5.75 Å². The van der Waals surface area contributed by atoms with Gasteiger partial charge in [0.2, 0.25) is 0 Å². The number of hydrogen-bond acceptors (Lipinski definition) is 2. The zero-order chi connectivity index (χ0) is 11.5. The van der Waals surface area contributed by atoms with Gasteiger partial charge in [0.25, 0.3) is 0 Å². The standard InChI is InChI=1S/C14H18O2/c1-10-11(7-8-13(10)15)9-12-5-3-4-6-14(12)16-2/h3-6,10-11H,7-9H2,1-2H3. The van der Waals surface area contributed by atoms with Crippen LogP contribution in [0.25, 0.3) is 0 Å². The first-order valence-corrected chi connectivity index (χ1v) is 5.87. The Balaban J connectivity index is 2.12. The average molecular weight is 218 g/mol. The predicted molar refractivity (Wildman–Crippen MR) is 63.6 cm³/mol. The van der Waals surface area contributed by atoms with E-state index in [0.717, 1.165) is 25.0 Å². The van der Waals surface area contributed by atoms with Crippen LogP contribution in [0.2, 0.25) is 0 Å². The second kappa shape index (κ2) is 4.69. The fourth-order valence-electron chi connectivity index (χ4n) is 2.50. The monoisotopic (exact) mass is 218 g/mol. The summed E-state index contributed by atoms with van der Waals surface area (Å²) in [6.07, 6.45) is 2.73. The minimum atomic E-state index is 0.213. The van der Waals surface area contributed by atoms with Crippen molar-refractivity contribution in [3.8, 4) is 5.75 Å². The first-order valence-electron chi connectivity index (χ1n) is 5.87. The minimum absolute atomic E-state index is 0.213. The molecule has 0 saturated heterocycles. The van der Waals surface area contributed by atoms with Gasteiger partial charge >= 0.3 is 0 Å². The zero-order valence-corrected chi connectivity index (χ0v) is 9.90. The highest BCUT2D eigenvalue weighted by molar-refractivity contribution is 5.83. The number of ketones is 1. The number of para-hydroxylation sites is 1.